The number of carbonyl (C=O) groups is 1. The molecular formula is C17H25FN2O3. The SMILES string of the molecule is CC(C)(C)OC(=O)N1[C@@H]([C@H](O)c2cncc(F)c2)CCC1(C)C. The van der Waals surface area contributed by atoms with E-state index < -0.39 is 35.2 Å². The highest BCUT2D eigenvalue weighted by molar-refractivity contribution is 5.70. The zero-order valence-corrected chi connectivity index (χ0v) is 14.3. The highest BCUT2D eigenvalue weighted by Crippen LogP contribution is 2.40. The van der Waals surface area contributed by atoms with Crippen LogP contribution in [0.1, 0.15) is 59.1 Å². The van der Waals surface area contributed by atoms with E-state index in [1.54, 1.807) is 25.7 Å². The summed E-state index contributed by atoms with van der Waals surface area (Å²) < 4.78 is 18.8. The minimum absolute atomic E-state index is 0.362. The van der Waals surface area contributed by atoms with Gasteiger partial charge in [-0.2, -0.15) is 0 Å². The highest BCUT2D eigenvalue weighted by atomic mass is 19.1. The van der Waals surface area contributed by atoms with Gasteiger partial charge in [-0.05, 0) is 53.5 Å². The average molecular weight is 324 g/mol. The summed E-state index contributed by atoms with van der Waals surface area (Å²) in [4.78, 5) is 17.9. The first-order valence-corrected chi connectivity index (χ1v) is 7.82. The van der Waals surface area contributed by atoms with Gasteiger partial charge in [-0.1, -0.05) is 0 Å². The molecule has 0 saturated carbocycles. The second-order valence-corrected chi connectivity index (χ2v) is 7.65. The number of amides is 1. The topological polar surface area (TPSA) is 62.7 Å². The summed E-state index contributed by atoms with van der Waals surface area (Å²) in [7, 11) is 0. The number of aliphatic hydroxyl groups excluding tert-OH is 1. The van der Waals surface area contributed by atoms with Gasteiger partial charge < -0.3 is 9.84 Å². The Bertz CT molecular complexity index is 583. The normalized spacial score (nSPS) is 22.0. The Morgan fingerprint density at radius 1 is 1.48 bits per heavy atom. The number of rotatable bonds is 2. The number of nitrogens with zero attached hydrogens (tertiary/aromatic N) is 2. The van der Waals surface area contributed by atoms with Crippen LogP contribution in [-0.4, -0.2) is 38.3 Å². The Labute approximate surface area is 136 Å². The van der Waals surface area contributed by atoms with Crippen LogP contribution in [0.5, 0.6) is 0 Å². The molecule has 1 saturated heterocycles. The molecule has 0 spiro atoms. The van der Waals surface area contributed by atoms with Gasteiger partial charge in [0.25, 0.3) is 0 Å². The van der Waals surface area contributed by atoms with Crippen LogP contribution in [-0.2, 0) is 4.74 Å². The molecule has 0 bridgehead atoms. The molecular weight excluding hydrogens is 299 g/mol. The molecule has 0 aliphatic carbocycles. The summed E-state index contributed by atoms with van der Waals surface area (Å²) in [6, 6.07) is 0.777. The van der Waals surface area contributed by atoms with Crippen molar-refractivity contribution in [2.45, 2.75) is 70.7 Å². The van der Waals surface area contributed by atoms with Crippen molar-refractivity contribution in [2.24, 2.45) is 0 Å². The summed E-state index contributed by atoms with van der Waals surface area (Å²) in [5.41, 5.74) is -0.693. The summed E-state index contributed by atoms with van der Waals surface area (Å²) in [6.07, 6.45) is 2.38. The van der Waals surface area contributed by atoms with Crippen LogP contribution < -0.4 is 0 Å². The molecule has 23 heavy (non-hydrogen) atoms. The third-order valence-electron chi connectivity index (χ3n) is 4.06. The first-order chi connectivity index (χ1) is 10.5. The Hall–Kier alpha value is -1.69. The van der Waals surface area contributed by atoms with Gasteiger partial charge in [0, 0.05) is 17.3 Å². The maximum atomic E-state index is 13.4. The van der Waals surface area contributed by atoms with E-state index in [2.05, 4.69) is 4.98 Å². The number of aliphatic hydroxyl groups is 1. The molecule has 1 aromatic heterocycles. The Morgan fingerprint density at radius 3 is 2.70 bits per heavy atom. The van der Waals surface area contributed by atoms with Gasteiger partial charge in [0.1, 0.15) is 17.5 Å². The fraction of sp³-hybridized carbons (Fsp3) is 0.647. The van der Waals surface area contributed by atoms with Gasteiger partial charge in [0.05, 0.1) is 12.2 Å². The molecule has 1 aliphatic heterocycles. The lowest BCUT2D eigenvalue weighted by molar-refractivity contribution is -0.0167. The largest absolute Gasteiger partial charge is 0.444 e. The second kappa shape index (κ2) is 6.07. The van der Waals surface area contributed by atoms with Gasteiger partial charge in [-0.15, -0.1) is 0 Å². The maximum Gasteiger partial charge on any atom is 0.411 e. The van der Waals surface area contributed by atoms with Gasteiger partial charge >= 0.3 is 6.09 Å². The van der Waals surface area contributed by atoms with Crippen molar-refractivity contribution in [2.75, 3.05) is 0 Å². The van der Waals surface area contributed by atoms with Gasteiger partial charge in [0.2, 0.25) is 0 Å². The molecule has 0 radical (unpaired) electrons. The Morgan fingerprint density at radius 2 is 2.13 bits per heavy atom. The molecule has 2 rings (SSSR count). The Kier molecular flexibility index (Phi) is 4.66. The van der Waals surface area contributed by atoms with Crippen LogP contribution in [0.4, 0.5) is 9.18 Å². The van der Waals surface area contributed by atoms with Crippen molar-refractivity contribution in [1.82, 2.24) is 9.88 Å². The summed E-state index contributed by atoms with van der Waals surface area (Å²) >= 11 is 0. The van der Waals surface area contributed by atoms with E-state index >= 15 is 0 Å². The van der Waals surface area contributed by atoms with Crippen LogP contribution in [0.25, 0.3) is 0 Å². The fourth-order valence-electron chi connectivity index (χ4n) is 3.00. The van der Waals surface area contributed by atoms with Crippen molar-refractivity contribution >= 4 is 6.09 Å². The lowest BCUT2D eigenvalue weighted by Crippen LogP contribution is -2.50. The highest BCUT2D eigenvalue weighted by Gasteiger charge is 2.47. The molecule has 6 heteroatoms. The number of hydrogen-bond donors (Lipinski definition) is 1. The zero-order valence-electron chi connectivity index (χ0n) is 14.3. The lowest BCUT2D eigenvalue weighted by atomic mass is 10.0. The first-order valence-electron chi connectivity index (χ1n) is 7.82. The number of halogens is 1. The monoisotopic (exact) mass is 324 g/mol. The van der Waals surface area contributed by atoms with Crippen molar-refractivity contribution in [3.8, 4) is 0 Å². The molecule has 1 aromatic rings. The quantitative estimate of drug-likeness (QED) is 0.905. The molecule has 1 N–H and O–H groups in total. The van der Waals surface area contributed by atoms with Crippen LogP contribution in [0.2, 0.25) is 0 Å². The molecule has 1 aliphatic rings. The number of hydrogen-bond acceptors (Lipinski definition) is 4. The molecule has 1 fully saturated rings. The van der Waals surface area contributed by atoms with Crippen LogP contribution in [0, 0.1) is 5.82 Å². The molecule has 2 heterocycles. The fourth-order valence-corrected chi connectivity index (χ4v) is 3.00. The maximum absolute atomic E-state index is 13.4. The average Bonchev–Trinajstić information content (AvgIpc) is 2.71. The number of likely N-dealkylation sites (tertiary alicyclic amines) is 1. The second-order valence-electron chi connectivity index (χ2n) is 7.65. The first kappa shape index (κ1) is 17.7. The summed E-state index contributed by atoms with van der Waals surface area (Å²) in [5.74, 6) is -0.511. The Balaban J connectivity index is 2.27. The van der Waals surface area contributed by atoms with E-state index in [1.807, 2.05) is 13.8 Å². The standard InChI is InChI=1S/C17H25FN2O3/c1-16(2,3)23-15(22)20-13(6-7-17(20,4)5)14(21)11-8-12(18)10-19-9-11/h8-10,13-14,21H,6-7H2,1-5H3/t13-,14-/m1/s1. The van der Waals surface area contributed by atoms with E-state index in [0.717, 1.165) is 12.6 Å². The number of ether oxygens (including phenoxy) is 1. The van der Waals surface area contributed by atoms with E-state index in [1.165, 1.54) is 12.3 Å². The van der Waals surface area contributed by atoms with Crippen molar-refractivity contribution in [1.29, 1.82) is 0 Å². The van der Waals surface area contributed by atoms with E-state index in [-0.39, 0.29) is 0 Å². The third kappa shape index (κ3) is 3.99. The lowest BCUT2D eigenvalue weighted by Gasteiger charge is -2.38. The number of carbonyl (C=O) groups excluding carboxylic acids is 1. The van der Waals surface area contributed by atoms with Crippen molar-refractivity contribution < 1.29 is 19.0 Å². The molecule has 0 unspecified atom stereocenters. The molecule has 0 aromatic carbocycles. The summed E-state index contributed by atoms with van der Waals surface area (Å²) in [6.45, 7) is 9.28. The minimum Gasteiger partial charge on any atom is -0.444 e. The van der Waals surface area contributed by atoms with E-state index in [4.69, 9.17) is 4.74 Å². The molecule has 128 valence electrons. The smallest absolute Gasteiger partial charge is 0.411 e. The van der Waals surface area contributed by atoms with Crippen molar-refractivity contribution in [3.05, 3.63) is 29.8 Å². The van der Waals surface area contributed by atoms with Gasteiger partial charge in [-0.3, -0.25) is 9.88 Å². The third-order valence-corrected chi connectivity index (χ3v) is 4.06. The van der Waals surface area contributed by atoms with Crippen molar-refractivity contribution in [3.63, 3.8) is 0 Å². The minimum atomic E-state index is -1.01. The predicted molar refractivity (Wildman–Crippen MR) is 84.3 cm³/mol. The van der Waals surface area contributed by atoms with Gasteiger partial charge in [0.15, 0.2) is 0 Å². The van der Waals surface area contributed by atoms with Crippen LogP contribution >= 0.6 is 0 Å². The van der Waals surface area contributed by atoms with E-state index in [9.17, 15) is 14.3 Å². The molecule has 5 nitrogen and oxygen atoms in total. The summed E-state index contributed by atoms with van der Waals surface area (Å²) in [5, 5.41) is 10.6. The zero-order chi connectivity index (χ0) is 17.4. The van der Waals surface area contributed by atoms with Gasteiger partial charge in [-0.25, -0.2) is 9.18 Å². The van der Waals surface area contributed by atoms with E-state index in [0.29, 0.717) is 12.0 Å². The molecule has 2 atom stereocenters. The van der Waals surface area contributed by atoms with Crippen LogP contribution in [0.3, 0.4) is 0 Å². The molecule has 1 amide bonds. The number of aromatic nitrogens is 1. The van der Waals surface area contributed by atoms with Crippen LogP contribution in [0.15, 0.2) is 18.5 Å². The predicted octanol–water partition coefficient (Wildman–Crippen LogP) is 3.43. The number of pyridine rings is 1.